The van der Waals surface area contributed by atoms with Gasteiger partial charge in [-0.25, -0.2) is 4.68 Å². The number of aliphatic hydroxyl groups is 1. The number of hydrogen-bond acceptors (Lipinski definition) is 7. The van der Waals surface area contributed by atoms with Gasteiger partial charge < -0.3 is 24.5 Å². The number of anilines is 1. The smallest absolute Gasteiger partial charge is 0.250 e. The molecule has 1 aromatic heterocycles. The average Bonchev–Trinajstić information content (AvgIpc) is 3.59. The lowest BCUT2D eigenvalue weighted by Gasteiger charge is -2.35. The minimum Gasteiger partial charge on any atom is -0.396 e. The Hall–Kier alpha value is -4.35. The molecule has 1 spiro atoms. The van der Waals surface area contributed by atoms with Crippen LogP contribution in [0.2, 0.25) is 0 Å². The summed E-state index contributed by atoms with van der Waals surface area (Å²) in [4.78, 5) is 48.3. The molecule has 11 heteroatoms. The molecule has 1 unspecified atom stereocenters. The summed E-state index contributed by atoms with van der Waals surface area (Å²) < 4.78 is 8.46. The van der Waals surface area contributed by atoms with E-state index in [1.807, 2.05) is 78.9 Å². The van der Waals surface area contributed by atoms with Crippen LogP contribution in [0, 0.1) is 11.8 Å². The molecule has 3 amide bonds. The zero-order valence-corrected chi connectivity index (χ0v) is 24.4. The van der Waals surface area contributed by atoms with Gasteiger partial charge in [-0.3, -0.25) is 14.4 Å². The molecule has 7 rings (SSSR count). The van der Waals surface area contributed by atoms with Crippen molar-refractivity contribution in [3.05, 3.63) is 78.9 Å². The molecule has 3 aromatic rings. The summed E-state index contributed by atoms with van der Waals surface area (Å²) in [6, 6.07) is 16.1. The number of unbranched alkanes of at least 4 members (excludes halogenated alkanes) is 3. The summed E-state index contributed by atoms with van der Waals surface area (Å²) in [6.07, 6.45) is 9.91. The standard InChI is InChI=1S/C33H36N6O5/c40-21-9-2-1-8-19-38-29-32(43)36(22-39-25-15-7-6-14-24(25)34-35-39)18-11-17-33(29)28(31(38)42)27-26(44-33)16-10-20-37(30(27)41)23-12-4-3-5-13-23/h3-7,10-17,26-29,40H,1-2,8-9,18-22H2/t26-,27+,28+,29?,33+/m1/s1. The Kier molecular flexibility index (Phi) is 7.51. The molecule has 0 aliphatic carbocycles. The van der Waals surface area contributed by atoms with E-state index in [1.54, 1.807) is 19.4 Å². The number of aromatic nitrogens is 3. The van der Waals surface area contributed by atoms with Crippen molar-refractivity contribution in [2.75, 3.05) is 31.1 Å². The van der Waals surface area contributed by atoms with Gasteiger partial charge in [-0.05, 0) is 37.1 Å². The van der Waals surface area contributed by atoms with Crippen LogP contribution in [0.15, 0.2) is 78.9 Å². The van der Waals surface area contributed by atoms with Crippen LogP contribution in [0.5, 0.6) is 0 Å². The van der Waals surface area contributed by atoms with Gasteiger partial charge in [-0.2, -0.15) is 0 Å². The Bertz CT molecular complexity index is 1620. The van der Waals surface area contributed by atoms with Crippen molar-refractivity contribution >= 4 is 34.4 Å². The first kappa shape index (κ1) is 28.4. The van der Waals surface area contributed by atoms with Crippen molar-refractivity contribution in [1.29, 1.82) is 0 Å². The number of carbonyl (C=O) groups excluding carboxylic acids is 3. The number of rotatable bonds is 9. The van der Waals surface area contributed by atoms with Crippen molar-refractivity contribution < 1.29 is 24.2 Å². The first-order valence-electron chi connectivity index (χ1n) is 15.4. The minimum atomic E-state index is -1.28. The molecule has 4 aliphatic heterocycles. The summed E-state index contributed by atoms with van der Waals surface area (Å²) >= 11 is 0. The third kappa shape index (κ3) is 4.62. The second-order valence-corrected chi connectivity index (χ2v) is 11.9. The van der Waals surface area contributed by atoms with Crippen LogP contribution in [0.25, 0.3) is 11.0 Å². The van der Waals surface area contributed by atoms with Crippen molar-refractivity contribution in [1.82, 2.24) is 24.8 Å². The molecule has 44 heavy (non-hydrogen) atoms. The molecule has 0 bridgehead atoms. The highest BCUT2D eigenvalue weighted by Crippen LogP contribution is 2.53. The lowest BCUT2D eigenvalue weighted by Crippen LogP contribution is -2.55. The maximum absolute atomic E-state index is 14.6. The van der Waals surface area contributed by atoms with E-state index in [4.69, 9.17) is 4.74 Å². The number of fused-ring (bicyclic) bond motifs is 3. The molecule has 0 radical (unpaired) electrons. The molecule has 4 aliphatic rings. The number of likely N-dealkylation sites (tertiary alicyclic amines) is 1. The van der Waals surface area contributed by atoms with Gasteiger partial charge in [0, 0.05) is 31.9 Å². The van der Waals surface area contributed by atoms with E-state index in [0.717, 1.165) is 29.6 Å². The highest BCUT2D eigenvalue weighted by atomic mass is 16.5. The summed E-state index contributed by atoms with van der Waals surface area (Å²) in [7, 11) is 0. The van der Waals surface area contributed by atoms with Gasteiger partial charge >= 0.3 is 0 Å². The van der Waals surface area contributed by atoms with Gasteiger partial charge in [0.25, 0.3) is 5.91 Å². The molecular weight excluding hydrogens is 560 g/mol. The van der Waals surface area contributed by atoms with Gasteiger partial charge in [0.05, 0.1) is 23.5 Å². The number of nitrogens with zero attached hydrogens (tertiary/aromatic N) is 6. The Morgan fingerprint density at radius 1 is 0.886 bits per heavy atom. The SMILES string of the molecule is O=C1C2N(CCCCCCO)C(=O)[C@@H]3[C@H]4C(=O)N(c5ccccc5)CC=C[C@H]4O[C@]23C=CCN1Cn1nnc2ccccc21. The first-order chi connectivity index (χ1) is 21.5. The molecular formula is C33H36N6O5. The second-order valence-electron chi connectivity index (χ2n) is 11.9. The Labute approximate surface area is 255 Å². The van der Waals surface area contributed by atoms with Gasteiger partial charge in [-0.15, -0.1) is 5.10 Å². The third-order valence-corrected chi connectivity index (χ3v) is 9.34. The highest BCUT2D eigenvalue weighted by molar-refractivity contribution is 6.03. The Morgan fingerprint density at radius 3 is 2.52 bits per heavy atom. The van der Waals surface area contributed by atoms with E-state index in [2.05, 4.69) is 10.3 Å². The summed E-state index contributed by atoms with van der Waals surface area (Å²) in [6.45, 7) is 1.32. The summed E-state index contributed by atoms with van der Waals surface area (Å²) in [5, 5.41) is 17.7. The van der Waals surface area contributed by atoms with Gasteiger partial charge in [0.1, 0.15) is 23.8 Å². The number of amides is 3. The lowest BCUT2D eigenvalue weighted by atomic mass is 9.77. The van der Waals surface area contributed by atoms with Gasteiger partial charge in [0.15, 0.2) is 0 Å². The molecule has 2 saturated heterocycles. The maximum atomic E-state index is 14.6. The van der Waals surface area contributed by atoms with Crippen molar-refractivity contribution in [2.24, 2.45) is 11.8 Å². The van der Waals surface area contributed by atoms with Crippen LogP contribution in [0.3, 0.4) is 0 Å². The van der Waals surface area contributed by atoms with Crippen LogP contribution in [0.1, 0.15) is 25.7 Å². The fourth-order valence-electron chi connectivity index (χ4n) is 7.32. The summed E-state index contributed by atoms with van der Waals surface area (Å²) in [5.41, 5.74) is 1.01. The zero-order valence-electron chi connectivity index (χ0n) is 24.4. The number of carbonyl (C=O) groups is 3. The van der Waals surface area contributed by atoms with E-state index >= 15 is 0 Å². The fourth-order valence-corrected chi connectivity index (χ4v) is 7.32. The molecule has 228 valence electrons. The first-order valence-corrected chi connectivity index (χ1v) is 15.4. The lowest BCUT2D eigenvalue weighted by molar-refractivity contribution is -0.148. The van der Waals surface area contributed by atoms with Crippen LogP contribution in [-0.2, 0) is 25.8 Å². The summed E-state index contributed by atoms with van der Waals surface area (Å²) in [5.74, 6) is -2.27. The average molecular weight is 597 g/mol. The molecule has 1 N–H and O–H groups in total. The van der Waals surface area contributed by atoms with Gasteiger partial charge in [-0.1, -0.05) is 72.7 Å². The van der Waals surface area contributed by atoms with Crippen molar-refractivity contribution in [3.8, 4) is 0 Å². The van der Waals surface area contributed by atoms with Crippen LogP contribution in [0.4, 0.5) is 5.69 Å². The van der Waals surface area contributed by atoms with E-state index in [1.165, 1.54) is 0 Å². The topological polar surface area (TPSA) is 121 Å². The maximum Gasteiger partial charge on any atom is 0.250 e. The predicted molar refractivity (Wildman–Crippen MR) is 162 cm³/mol. The number of aliphatic hydroxyl groups excluding tert-OH is 1. The zero-order chi connectivity index (χ0) is 30.3. The molecule has 11 nitrogen and oxygen atoms in total. The Balaban J connectivity index is 1.24. The van der Waals surface area contributed by atoms with Crippen LogP contribution >= 0.6 is 0 Å². The molecule has 0 saturated carbocycles. The Morgan fingerprint density at radius 2 is 1.68 bits per heavy atom. The quantitative estimate of drug-likeness (QED) is 0.298. The highest BCUT2D eigenvalue weighted by Gasteiger charge is 2.71. The number of benzene rings is 2. The molecule has 5 heterocycles. The van der Waals surface area contributed by atoms with E-state index in [9.17, 15) is 19.5 Å². The van der Waals surface area contributed by atoms with Crippen LogP contribution < -0.4 is 4.90 Å². The number of hydrogen-bond donors (Lipinski definition) is 1. The number of para-hydroxylation sites is 2. The van der Waals surface area contributed by atoms with Crippen molar-refractivity contribution in [2.45, 2.75) is 50.1 Å². The number of ether oxygens (including phenoxy) is 1. The normalized spacial score (nSPS) is 27.9. The van der Waals surface area contributed by atoms with Crippen molar-refractivity contribution in [3.63, 3.8) is 0 Å². The third-order valence-electron chi connectivity index (χ3n) is 9.34. The van der Waals surface area contributed by atoms with E-state index in [0.29, 0.717) is 32.5 Å². The molecule has 5 atom stereocenters. The predicted octanol–water partition coefficient (Wildman–Crippen LogP) is 2.52. The van der Waals surface area contributed by atoms with E-state index < -0.39 is 29.6 Å². The van der Waals surface area contributed by atoms with E-state index in [-0.39, 0.29) is 31.0 Å². The molecule has 2 fully saturated rings. The monoisotopic (exact) mass is 596 g/mol. The minimum absolute atomic E-state index is 0.121. The van der Waals surface area contributed by atoms with Gasteiger partial charge in [0.2, 0.25) is 11.8 Å². The van der Waals surface area contributed by atoms with Crippen LogP contribution in [-0.4, -0.2) is 91.6 Å². The fraction of sp³-hybridized carbons (Fsp3) is 0.424. The second kappa shape index (κ2) is 11.6. The largest absolute Gasteiger partial charge is 0.396 e. The molecule has 2 aromatic carbocycles.